The maximum absolute atomic E-state index is 13.3. The van der Waals surface area contributed by atoms with E-state index in [0.29, 0.717) is 30.3 Å². The number of hydrogen-bond acceptors (Lipinski definition) is 8. The van der Waals surface area contributed by atoms with Crippen LogP contribution in [0, 0.1) is 24.2 Å². The lowest BCUT2D eigenvalue weighted by molar-refractivity contribution is -0.164. The molecule has 2 saturated heterocycles. The molecule has 0 amide bonds. The number of aromatic nitrogens is 1. The number of oxazole rings is 1. The normalized spacial score (nSPS) is 36.8. The van der Waals surface area contributed by atoms with Gasteiger partial charge in [0.2, 0.25) is 5.79 Å². The van der Waals surface area contributed by atoms with Crippen LogP contribution in [-0.4, -0.2) is 50.5 Å². The van der Waals surface area contributed by atoms with Crippen LogP contribution in [0.3, 0.4) is 0 Å². The molecule has 0 aromatic carbocycles. The highest BCUT2D eigenvalue weighted by Gasteiger charge is 2.72. The van der Waals surface area contributed by atoms with E-state index in [1.165, 1.54) is 12.3 Å². The molecule has 1 aromatic rings. The van der Waals surface area contributed by atoms with Gasteiger partial charge in [0, 0.05) is 24.7 Å². The van der Waals surface area contributed by atoms with Crippen LogP contribution in [0.2, 0.25) is 0 Å². The largest absolute Gasteiger partial charge is 0.454 e. The molecule has 6 unspecified atom stereocenters. The van der Waals surface area contributed by atoms with Crippen molar-refractivity contribution in [2.45, 2.75) is 110 Å². The van der Waals surface area contributed by atoms with Crippen molar-refractivity contribution in [3.63, 3.8) is 0 Å². The second kappa shape index (κ2) is 10.9. The summed E-state index contributed by atoms with van der Waals surface area (Å²) < 4.78 is 16.5. The molecule has 2 aliphatic heterocycles. The predicted octanol–water partition coefficient (Wildman–Crippen LogP) is 4.92. The molecule has 0 aliphatic carbocycles. The van der Waals surface area contributed by atoms with Crippen molar-refractivity contribution in [1.82, 2.24) is 4.98 Å². The Hall–Kier alpha value is -1.74. The highest BCUT2D eigenvalue weighted by Crippen LogP contribution is 2.53. The third-order valence-corrected chi connectivity index (χ3v) is 8.08. The second-order valence-corrected chi connectivity index (χ2v) is 11.7. The molecular weight excluding hydrogens is 486 g/mol. The number of cyclic esters (lactones) is 1. The summed E-state index contributed by atoms with van der Waals surface area (Å²) in [5.74, 6) is -1.76. The fourth-order valence-electron chi connectivity index (χ4n) is 5.21. The fraction of sp³-hybridized carbons (Fsp3) is 0.741. The van der Waals surface area contributed by atoms with Gasteiger partial charge in [0.05, 0.1) is 5.03 Å². The number of aliphatic hydroxyl groups excluding tert-OH is 1. The third-order valence-electron chi connectivity index (χ3n) is 7.76. The van der Waals surface area contributed by atoms with Crippen molar-refractivity contribution in [3.05, 3.63) is 22.9 Å². The smallest absolute Gasteiger partial charge is 0.306 e. The number of esters is 1. The van der Waals surface area contributed by atoms with Gasteiger partial charge in [-0.1, -0.05) is 52.1 Å². The average Bonchev–Trinajstić information content (AvgIpc) is 3.13. The number of carbonyl (C=O) groups excluding carboxylic acids is 2. The van der Waals surface area contributed by atoms with Gasteiger partial charge in [-0.25, -0.2) is 4.98 Å². The van der Waals surface area contributed by atoms with Crippen molar-refractivity contribution in [1.29, 1.82) is 0 Å². The number of ether oxygens (including phenoxy) is 2. The number of aryl methyl sites for hydroxylation is 1. The van der Waals surface area contributed by atoms with E-state index in [0.717, 1.165) is 25.7 Å². The van der Waals surface area contributed by atoms with E-state index in [4.69, 9.17) is 25.5 Å². The van der Waals surface area contributed by atoms with Gasteiger partial charge >= 0.3 is 5.97 Å². The maximum atomic E-state index is 13.3. The topological polar surface area (TPSA) is 122 Å². The summed E-state index contributed by atoms with van der Waals surface area (Å²) >= 11 is 6.51. The Morgan fingerprint density at radius 2 is 1.97 bits per heavy atom. The van der Waals surface area contributed by atoms with E-state index in [-0.39, 0.29) is 23.2 Å². The van der Waals surface area contributed by atoms with Gasteiger partial charge < -0.3 is 24.1 Å². The predicted molar refractivity (Wildman–Crippen MR) is 135 cm³/mol. The van der Waals surface area contributed by atoms with Crippen LogP contribution in [0.4, 0.5) is 0 Å². The summed E-state index contributed by atoms with van der Waals surface area (Å²) in [4.78, 5) is 30.4. The Labute approximate surface area is 218 Å². The molecule has 2 aliphatic rings. The molecule has 3 rings (SSSR count). The quantitative estimate of drug-likeness (QED) is 0.421. The molecule has 2 fully saturated rings. The fourth-order valence-corrected chi connectivity index (χ4v) is 5.48. The molecule has 2 N–H and O–H groups in total. The number of fused-ring (bicyclic) bond motifs is 1. The maximum Gasteiger partial charge on any atom is 0.306 e. The number of rotatable bonds is 3. The first-order chi connectivity index (χ1) is 16.7. The minimum absolute atomic E-state index is 0.0356. The van der Waals surface area contributed by atoms with Crippen molar-refractivity contribution in [3.8, 4) is 0 Å². The van der Waals surface area contributed by atoms with E-state index in [2.05, 4.69) is 11.9 Å². The first-order valence-corrected chi connectivity index (χ1v) is 13.2. The van der Waals surface area contributed by atoms with Gasteiger partial charge in [-0.05, 0) is 44.6 Å². The minimum atomic E-state index is -1.92. The second-order valence-electron chi connectivity index (χ2n) is 11.3. The van der Waals surface area contributed by atoms with Crippen molar-refractivity contribution in [2.24, 2.45) is 17.3 Å². The van der Waals surface area contributed by atoms with Crippen LogP contribution in [0.5, 0.6) is 0 Å². The summed E-state index contributed by atoms with van der Waals surface area (Å²) in [7, 11) is 0. The zero-order chi connectivity index (χ0) is 26.9. The molecular formula is C27H40ClNO7. The molecule has 202 valence electrons. The van der Waals surface area contributed by atoms with Crippen molar-refractivity contribution >= 4 is 29.4 Å². The van der Waals surface area contributed by atoms with Gasteiger partial charge in [0.15, 0.2) is 18.1 Å². The van der Waals surface area contributed by atoms with Crippen molar-refractivity contribution in [2.75, 3.05) is 0 Å². The Balaban J connectivity index is 1.90. The monoisotopic (exact) mass is 525 g/mol. The van der Waals surface area contributed by atoms with Gasteiger partial charge in [-0.2, -0.15) is 0 Å². The number of Topliss-reactive ketones (excluding diaryl/α,β-unsaturated/α-hetero) is 1. The molecule has 0 radical (unpaired) electrons. The number of carbonyl (C=O) groups is 2. The van der Waals surface area contributed by atoms with Crippen molar-refractivity contribution < 1.29 is 33.7 Å². The number of ketones is 1. The Bertz CT molecular complexity index is 989. The first kappa shape index (κ1) is 28.8. The zero-order valence-electron chi connectivity index (χ0n) is 22.2. The van der Waals surface area contributed by atoms with E-state index in [9.17, 15) is 19.8 Å². The average molecular weight is 526 g/mol. The SMILES string of the molecule is CCC1CC(C)CCCC2(C)OC2(O)C(O)C(C(Cl)=Cc2coc(C)n2)OC(=O)CCC(C)(C)C1=O. The summed E-state index contributed by atoms with van der Waals surface area (Å²) in [5, 5.41) is 22.3. The number of halogens is 1. The molecule has 3 heterocycles. The first-order valence-electron chi connectivity index (χ1n) is 12.9. The van der Waals surface area contributed by atoms with Gasteiger partial charge in [-0.15, -0.1) is 0 Å². The van der Waals surface area contributed by atoms with E-state index < -0.39 is 35.0 Å². The summed E-state index contributed by atoms with van der Waals surface area (Å²) in [6, 6.07) is 0. The van der Waals surface area contributed by atoms with E-state index in [1.54, 1.807) is 13.8 Å². The lowest BCUT2D eigenvalue weighted by Crippen LogP contribution is -2.46. The summed E-state index contributed by atoms with van der Waals surface area (Å²) in [5.41, 5.74) is -1.35. The van der Waals surface area contributed by atoms with Crippen LogP contribution in [0.1, 0.15) is 91.1 Å². The highest BCUT2D eigenvalue weighted by molar-refractivity contribution is 6.32. The molecule has 0 saturated carbocycles. The number of hydrogen-bond donors (Lipinski definition) is 2. The molecule has 0 bridgehead atoms. The standard InChI is InChI=1S/C27H40ClNO7/c1-7-18-13-16(2)9-8-11-26(6)27(33,36-26)24(32)22(20(28)14-19-15-34-17(3)29-19)35-21(30)10-12-25(4,5)23(18)31/h14-16,18,22,24,32-33H,7-13H2,1-6H3. The van der Waals surface area contributed by atoms with Gasteiger partial charge in [0.1, 0.15) is 23.3 Å². The van der Waals surface area contributed by atoms with Crippen LogP contribution < -0.4 is 0 Å². The van der Waals surface area contributed by atoms with Crippen LogP contribution in [-0.2, 0) is 19.1 Å². The minimum Gasteiger partial charge on any atom is -0.454 e. The third kappa shape index (κ3) is 6.21. The molecule has 1 aromatic heterocycles. The molecule has 36 heavy (non-hydrogen) atoms. The number of epoxide rings is 1. The number of nitrogens with zero attached hydrogens (tertiary/aromatic N) is 1. The number of aliphatic hydroxyl groups is 2. The molecule has 0 spiro atoms. The Kier molecular flexibility index (Phi) is 8.76. The Morgan fingerprint density at radius 3 is 2.58 bits per heavy atom. The van der Waals surface area contributed by atoms with Crippen LogP contribution in [0.25, 0.3) is 6.08 Å². The van der Waals surface area contributed by atoms with Gasteiger partial charge in [0.25, 0.3) is 0 Å². The summed E-state index contributed by atoms with van der Waals surface area (Å²) in [6.45, 7) is 11.3. The van der Waals surface area contributed by atoms with Gasteiger partial charge in [-0.3, -0.25) is 9.59 Å². The Morgan fingerprint density at radius 1 is 1.28 bits per heavy atom. The molecule has 6 atom stereocenters. The zero-order valence-corrected chi connectivity index (χ0v) is 22.9. The summed E-state index contributed by atoms with van der Waals surface area (Å²) in [6.07, 6.45) is 3.64. The van der Waals surface area contributed by atoms with Crippen LogP contribution in [0.15, 0.2) is 15.7 Å². The van der Waals surface area contributed by atoms with E-state index >= 15 is 0 Å². The van der Waals surface area contributed by atoms with E-state index in [1.807, 2.05) is 20.8 Å². The highest BCUT2D eigenvalue weighted by atomic mass is 35.5. The molecule has 8 nitrogen and oxygen atoms in total. The lowest BCUT2D eigenvalue weighted by Gasteiger charge is -2.30. The lowest BCUT2D eigenvalue weighted by atomic mass is 9.74. The van der Waals surface area contributed by atoms with Crippen LogP contribution >= 0.6 is 11.6 Å². The molecule has 9 heteroatoms.